The normalized spacial score (nSPS) is 22.6. The Hall–Kier alpha value is -1.94. The van der Waals surface area contributed by atoms with E-state index in [0.29, 0.717) is 11.7 Å². The number of aromatic nitrogens is 2. The summed E-state index contributed by atoms with van der Waals surface area (Å²) in [6, 6.07) is 8.18. The van der Waals surface area contributed by atoms with Crippen LogP contribution < -0.4 is 5.73 Å². The van der Waals surface area contributed by atoms with Crippen LogP contribution in [-0.2, 0) is 0 Å². The largest absolute Gasteiger partial charge is 0.338 e. The molecule has 1 aliphatic carbocycles. The minimum Gasteiger partial charge on any atom is -0.338 e. The highest BCUT2D eigenvalue weighted by molar-refractivity contribution is 5.54. The Bertz CT molecular complexity index is 571. The maximum Gasteiger partial charge on any atom is 0.233 e. The van der Waals surface area contributed by atoms with Crippen LogP contribution in [0.2, 0.25) is 0 Å². The molecule has 4 heteroatoms. The van der Waals surface area contributed by atoms with Crippen LogP contribution in [0.25, 0.3) is 11.4 Å². The Morgan fingerprint density at radius 1 is 1.22 bits per heavy atom. The Balaban J connectivity index is 1.85. The molecule has 0 saturated carbocycles. The van der Waals surface area contributed by atoms with Crippen LogP contribution >= 0.6 is 0 Å². The summed E-state index contributed by atoms with van der Waals surface area (Å²) in [7, 11) is 0. The van der Waals surface area contributed by atoms with Crippen LogP contribution in [-0.4, -0.2) is 16.2 Å². The summed E-state index contributed by atoms with van der Waals surface area (Å²) in [5.74, 6) is 1.44. The molecule has 92 valence electrons. The second kappa shape index (κ2) is 4.38. The van der Waals surface area contributed by atoms with Crippen molar-refractivity contribution < 1.29 is 4.52 Å². The number of benzene rings is 1. The molecule has 0 aliphatic heterocycles. The zero-order valence-electron chi connectivity index (χ0n) is 10.2. The van der Waals surface area contributed by atoms with Crippen molar-refractivity contribution in [2.45, 2.75) is 25.3 Å². The summed E-state index contributed by atoms with van der Waals surface area (Å²) in [5.41, 5.74) is 8.01. The van der Waals surface area contributed by atoms with E-state index in [2.05, 4.69) is 17.1 Å². The summed E-state index contributed by atoms with van der Waals surface area (Å²) in [5, 5.41) is 4.02. The summed E-state index contributed by atoms with van der Waals surface area (Å²) in [4.78, 5) is 4.44. The van der Waals surface area contributed by atoms with Crippen molar-refractivity contribution in [2.24, 2.45) is 5.73 Å². The summed E-state index contributed by atoms with van der Waals surface area (Å²) >= 11 is 0. The van der Waals surface area contributed by atoms with Gasteiger partial charge in [0.2, 0.25) is 11.7 Å². The molecule has 1 aromatic carbocycles. The first-order chi connectivity index (χ1) is 8.72. The summed E-state index contributed by atoms with van der Waals surface area (Å²) in [6.07, 6.45) is 4.87. The third kappa shape index (κ3) is 2.07. The number of hydrogen-bond donors (Lipinski definition) is 1. The van der Waals surface area contributed by atoms with Crippen LogP contribution in [0.15, 0.2) is 40.9 Å². The lowest BCUT2D eigenvalue weighted by atomic mass is 10.1. The van der Waals surface area contributed by atoms with E-state index in [4.69, 9.17) is 10.3 Å². The monoisotopic (exact) mass is 241 g/mol. The first-order valence-electron chi connectivity index (χ1n) is 6.07. The highest BCUT2D eigenvalue weighted by Gasteiger charge is 2.23. The molecular formula is C14H15N3O. The molecule has 2 aromatic rings. The van der Waals surface area contributed by atoms with Gasteiger partial charge in [-0.05, 0) is 13.3 Å². The van der Waals surface area contributed by atoms with E-state index >= 15 is 0 Å². The van der Waals surface area contributed by atoms with E-state index in [9.17, 15) is 0 Å². The van der Waals surface area contributed by atoms with Crippen molar-refractivity contribution in [3.05, 3.63) is 47.9 Å². The molecular weight excluding hydrogens is 226 g/mol. The predicted molar refractivity (Wildman–Crippen MR) is 68.9 cm³/mol. The quantitative estimate of drug-likeness (QED) is 0.820. The van der Waals surface area contributed by atoms with Gasteiger partial charge in [-0.3, -0.25) is 0 Å². The van der Waals surface area contributed by atoms with Gasteiger partial charge < -0.3 is 10.3 Å². The Kier molecular flexibility index (Phi) is 2.72. The average Bonchev–Trinajstić information content (AvgIpc) is 2.98. The fourth-order valence-corrected chi connectivity index (χ4v) is 2.12. The predicted octanol–water partition coefficient (Wildman–Crippen LogP) is 2.42. The standard InChI is InChI=1S/C14H15N3O/c1-9-2-4-10(5-3-9)13-16-14(18-17-13)11-6-7-12(15)8-11/h2-7,11-12H,8,15H2,1H3. The first kappa shape index (κ1) is 11.2. The minimum absolute atomic E-state index is 0.102. The molecule has 0 bridgehead atoms. The molecule has 1 aliphatic rings. The van der Waals surface area contributed by atoms with Gasteiger partial charge in [-0.15, -0.1) is 0 Å². The number of allylic oxidation sites excluding steroid dienone is 1. The Morgan fingerprint density at radius 3 is 2.67 bits per heavy atom. The van der Waals surface area contributed by atoms with E-state index in [0.717, 1.165) is 12.0 Å². The van der Waals surface area contributed by atoms with Gasteiger partial charge in [0, 0.05) is 11.6 Å². The topological polar surface area (TPSA) is 64.9 Å². The summed E-state index contributed by atoms with van der Waals surface area (Å²) < 4.78 is 5.31. The third-order valence-electron chi connectivity index (χ3n) is 3.19. The number of aryl methyl sites for hydroxylation is 1. The molecule has 3 rings (SSSR count). The highest BCUT2D eigenvalue weighted by Crippen LogP contribution is 2.28. The van der Waals surface area contributed by atoms with E-state index in [1.165, 1.54) is 5.56 Å². The van der Waals surface area contributed by atoms with Crippen LogP contribution in [0.4, 0.5) is 0 Å². The molecule has 0 saturated heterocycles. The number of hydrogen-bond acceptors (Lipinski definition) is 4. The van der Waals surface area contributed by atoms with Gasteiger partial charge in [-0.25, -0.2) is 0 Å². The number of nitrogens with two attached hydrogens (primary N) is 1. The molecule has 1 heterocycles. The fraction of sp³-hybridized carbons (Fsp3) is 0.286. The smallest absolute Gasteiger partial charge is 0.233 e. The van der Waals surface area contributed by atoms with Crippen LogP contribution in [0.1, 0.15) is 23.8 Å². The van der Waals surface area contributed by atoms with Gasteiger partial charge in [0.05, 0.1) is 5.92 Å². The molecule has 2 N–H and O–H groups in total. The lowest BCUT2D eigenvalue weighted by molar-refractivity contribution is 0.365. The van der Waals surface area contributed by atoms with Crippen LogP contribution in [0, 0.1) is 6.92 Å². The molecule has 4 nitrogen and oxygen atoms in total. The zero-order chi connectivity index (χ0) is 12.5. The number of rotatable bonds is 2. The van der Waals surface area contributed by atoms with Gasteiger partial charge in [0.25, 0.3) is 0 Å². The number of nitrogens with zero attached hydrogens (tertiary/aromatic N) is 2. The Morgan fingerprint density at radius 2 is 2.00 bits per heavy atom. The van der Waals surface area contributed by atoms with Crippen LogP contribution in [0.3, 0.4) is 0 Å². The lowest BCUT2D eigenvalue weighted by Gasteiger charge is -2.01. The second-order valence-corrected chi connectivity index (χ2v) is 4.71. The van der Waals surface area contributed by atoms with Gasteiger partial charge in [-0.2, -0.15) is 4.98 Å². The van der Waals surface area contributed by atoms with Crippen molar-refractivity contribution in [3.8, 4) is 11.4 Å². The average molecular weight is 241 g/mol. The summed E-state index contributed by atoms with van der Waals surface area (Å²) in [6.45, 7) is 2.05. The van der Waals surface area contributed by atoms with Gasteiger partial charge in [-0.1, -0.05) is 47.1 Å². The molecule has 18 heavy (non-hydrogen) atoms. The molecule has 0 radical (unpaired) electrons. The molecule has 0 amide bonds. The van der Waals surface area contributed by atoms with E-state index in [1.807, 2.05) is 36.4 Å². The van der Waals surface area contributed by atoms with Gasteiger partial charge in [0.15, 0.2) is 0 Å². The molecule has 2 atom stereocenters. The van der Waals surface area contributed by atoms with Crippen molar-refractivity contribution in [1.82, 2.24) is 10.1 Å². The maximum atomic E-state index is 5.82. The van der Waals surface area contributed by atoms with Gasteiger partial charge >= 0.3 is 0 Å². The second-order valence-electron chi connectivity index (χ2n) is 4.71. The van der Waals surface area contributed by atoms with E-state index in [-0.39, 0.29) is 12.0 Å². The van der Waals surface area contributed by atoms with Gasteiger partial charge in [0.1, 0.15) is 0 Å². The van der Waals surface area contributed by atoms with Crippen molar-refractivity contribution in [3.63, 3.8) is 0 Å². The zero-order valence-corrected chi connectivity index (χ0v) is 10.2. The fourth-order valence-electron chi connectivity index (χ4n) is 2.12. The van der Waals surface area contributed by atoms with Crippen molar-refractivity contribution >= 4 is 0 Å². The highest BCUT2D eigenvalue weighted by atomic mass is 16.5. The van der Waals surface area contributed by atoms with E-state index in [1.54, 1.807) is 0 Å². The van der Waals surface area contributed by atoms with Crippen molar-refractivity contribution in [2.75, 3.05) is 0 Å². The van der Waals surface area contributed by atoms with Crippen LogP contribution in [0.5, 0.6) is 0 Å². The minimum atomic E-state index is 0.102. The molecule has 2 unspecified atom stereocenters. The molecule has 0 spiro atoms. The molecule has 0 fully saturated rings. The van der Waals surface area contributed by atoms with E-state index < -0.39 is 0 Å². The SMILES string of the molecule is Cc1ccc(-c2noc(C3C=CC(N)C3)n2)cc1. The Labute approximate surface area is 106 Å². The van der Waals surface area contributed by atoms with Crippen molar-refractivity contribution in [1.29, 1.82) is 0 Å². The maximum absolute atomic E-state index is 5.82. The molecule has 1 aromatic heterocycles. The lowest BCUT2D eigenvalue weighted by Crippen LogP contribution is -2.14. The first-order valence-corrected chi connectivity index (χ1v) is 6.07. The third-order valence-corrected chi connectivity index (χ3v) is 3.19.